The molecule has 0 saturated heterocycles. The van der Waals surface area contributed by atoms with Gasteiger partial charge in [-0.3, -0.25) is 0 Å². The van der Waals surface area contributed by atoms with Gasteiger partial charge in [0.25, 0.3) is 0 Å². The average molecular weight is 265 g/mol. The van der Waals surface area contributed by atoms with Crippen LogP contribution in [0.15, 0.2) is 42.7 Å². The Bertz CT molecular complexity index is 890. The van der Waals surface area contributed by atoms with Crippen molar-refractivity contribution in [2.45, 2.75) is 0 Å². The molecule has 3 aromatic rings. The predicted octanol–water partition coefficient (Wildman–Crippen LogP) is 2.26. The molecule has 0 spiro atoms. The number of rotatable bonds is 0. The zero-order chi connectivity index (χ0) is 12.9. The lowest BCUT2D eigenvalue weighted by molar-refractivity contribution is 0.463. The van der Waals surface area contributed by atoms with Crippen molar-refractivity contribution in [1.82, 2.24) is 0 Å². The van der Waals surface area contributed by atoms with Crippen LogP contribution in [0.25, 0.3) is 21.9 Å². The zero-order valence-electron chi connectivity index (χ0n) is 8.77. The van der Waals surface area contributed by atoms with Crippen molar-refractivity contribution < 1.29 is 13.9 Å². The largest absolute Gasteiger partial charge is 0.507 e. The van der Waals surface area contributed by atoms with Crippen molar-refractivity contribution in [1.29, 1.82) is 0 Å². The molecule has 5 nitrogen and oxygen atoms in total. The molecule has 1 aromatic carbocycles. The first-order chi connectivity index (χ1) is 8.56. The summed E-state index contributed by atoms with van der Waals surface area (Å²) in [7, 11) is 0. The third-order valence-corrected chi connectivity index (χ3v) is 2.77. The Morgan fingerprint density at radius 2 is 1.89 bits per heavy atom. The maximum absolute atomic E-state index is 11.7. The Kier molecular flexibility index (Phi) is 2.18. The van der Waals surface area contributed by atoms with Crippen molar-refractivity contribution in [3.63, 3.8) is 0 Å². The molecule has 90 valence electrons. The van der Waals surface area contributed by atoms with E-state index in [9.17, 15) is 14.7 Å². The highest BCUT2D eigenvalue weighted by Crippen LogP contribution is 2.28. The fourth-order valence-corrected chi connectivity index (χ4v) is 1.96. The molecule has 0 atom stereocenters. The molecule has 2 heterocycles. The van der Waals surface area contributed by atoms with Crippen molar-refractivity contribution >= 4 is 33.5 Å². The molecule has 0 amide bonds. The Morgan fingerprint density at radius 3 is 2.67 bits per heavy atom. The van der Waals surface area contributed by atoms with Gasteiger partial charge in [0.05, 0.1) is 11.5 Å². The minimum atomic E-state index is -0.777. The van der Waals surface area contributed by atoms with Gasteiger partial charge in [0.1, 0.15) is 16.7 Å². The normalized spacial score (nSPS) is 11.2. The van der Waals surface area contributed by atoms with E-state index in [2.05, 4.69) is 0 Å². The topological polar surface area (TPSA) is 80.6 Å². The molecule has 0 aliphatic carbocycles. The smallest absolute Gasteiger partial charge is 0.351 e. The van der Waals surface area contributed by atoms with E-state index >= 15 is 0 Å². The lowest BCUT2D eigenvalue weighted by Gasteiger charge is -2.02. The second kappa shape index (κ2) is 3.61. The minimum absolute atomic E-state index is 0.0336. The number of halogens is 1. The molecule has 0 unspecified atom stereocenters. The standard InChI is InChI=1S/C12H5ClO5/c13-5-1-2-8-6(3-5)11-10(12(16)17-8)7(14)4-9(15)18-11/h1-4,14H. The van der Waals surface area contributed by atoms with Gasteiger partial charge in [-0.2, -0.15) is 0 Å². The van der Waals surface area contributed by atoms with Crippen LogP contribution in [0.4, 0.5) is 0 Å². The lowest BCUT2D eigenvalue weighted by Crippen LogP contribution is -2.04. The molecule has 0 aliphatic rings. The highest BCUT2D eigenvalue weighted by atomic mass is 35.5. The van der Waals surface area contributed by atoms with Crippen LogP contribution in [0.5, 0.6) is 5.75 Å². The summed E-state index contributed by atoms with van der Waals surface area (Å²) in [5.41, 5.74) is -1.34. The molecular weight excluding hydrogens is 260 g/mol. The second-order valence-corrected chi connectivity index (χ2v) is 4.12. The Labute approximate surface area is 104 Å². The monoisotopic (exact) mass is 264 g/mol. The maximum Gasteiger partial charge on any atom is 0.351 e. The molecule has 2 aromatic heterocycles. The lowest BCUT2D eigenvalue weighted by atomic mass is 10.2. The van der Waals surface area contributed by atoms with Gasteiger partial charge in [-0.1, -0.05) is 11.6 Å². The SMILES string of the molecule is O=c1cc(O)c2c(=O)oc3ccc(Cl)cc3c2o1. The van der Waals surface area contributed by atoms with E-state index in [1.807, 2.05) is 0 Å². The first kappa shape index (κ1) is 10.9. The average Bonchev–Trinajstić information content (AvgIpc) is 2.29. The van der Waals surface area contributed by atoms with Crippen LogP contribution in [0.1, 0.15) is 0 Å². The number of hydrogen-bond donors (Lipinski definition) is 1. The molecule has 0 saturated carbocycles. The van der Waals surface area contributed by atoms with Crippen molar-refractivity contribution in [2.24, 2.45) is 0 Å². The Morgan fingerprint density at radius 1 is 1.11 bits per heavy atom. The van der Waals surface area contributed by atoms with Crippen LogP contribution in [-0.2, 0) is 0 Å². The molecule has 3 rings (SSSR count). The summed E-state index contributed by atoms with van der Waals surface area (Å²) in [6, 6.07) is 5.34. The van der Waals surface area contributed by atoms with Gasteiger partial charge < -0.3 is 13.9 Å². The van der Waals surface area contributed by atoms with Gasteiger partial charge in [0.15, 0.2) is 5.58 Å². The summed E-state index contributed by atoms with van der Waals surface area (Å²) in [5.74, 6) is -0.475. The fraction of sp³-hybridized carbons (Fsp3) is 0. The summed E-state index contributed by atoms with van der Waals surface area (Å²) in [5, 5.41) is 10.2. The Balaban J connectivity index is 2.72. The molecule has 0 bridgehead atoms. The van der Waals surface area contributed by atoms with Crippen molar-refractivity contribution in [3.8, 4) is 5.75 Å². The predicted molar refractivity (Wildman–Crippen MR) is 65.2 cm³/mol. The van der Waals surface area contributed by atoms with Crippen LogP contribution in [0.2, 0.25) is 5.02 Å². The van der Waals surface area contributed by atoms with Crippen molar-refractivity contribution in [2.75, 3.05) is 0 Å². The summed E-state index contributed by atoms with van der Waals surface area (Å²) >= 11 is 5.84. The quantitative estimate of drug-likeness (QED) is 0.497. The minimum Gasteiger partial charge on any atom is -0.507 e. The van der Waals surface area contributed by atoms with E-state index in [1.54, 1.807) is 6.07 Å². The zero-order valence-corrected chi connectivity index (χ0v) is 9.52. The van der Waals surface area contributed by atoms with Gasteiger partial charge in [-0.15, -0.1) is 0 Å². The number of hydrogen-bond acceptors (Lipinski definition) is 5. The van der Waals surface area contributed by atoms with Gasteiger partial charge in [-0.25, -0.2) is 9.59 Å². The van der Waals surface area contributed by atoms with E-state index in [0.29, 0.717) is 10.4 Å². The van der Waals surface area contributed by atoms with E-state index in [4.69, 9.17) is 20.4 Å². The second-order valence-electron chi connectivity index (χ2n) is 3.68. The van der Waals surface area contributed by atoms with E-state index in [0.717, 1.165) is 6.07 Å². The van der Waals surface area contributed by atoms with E-state index < -0.39 is 17.0 Å². The fourth-order valence-electron chi connectivity index (χ4n) is 1.79. The van der Waals surface area contributed by atoms with Crippen LogP contribution in [0.3, 0.4) is 0 Å². The van der Waals surface area contributed by atoms with Crippen molar-refractivity contribution in [3.05, 3.63) is 50.1 Å². The first-order valence-corrected chi connectivity index (χ1v) is 5.33. The summed E-state index contributed by atoms with van der Waals surface area (Å²) < 4.78 is 9.97. The molecule has 6 heteroatoms. The van der Waals surface area contributed by atoms with E-state index in [1.165, 1.54) is 12.1 Å². The van der Waals surface area contributed by atoms with Crippen LogP contribution >= 0.6 is 11.6 Å². The highest BCUT2D eigenvalue weighted by Gasteiger charge is 2.14. The van der Waals surface area contributed by atoms with Crippen LogP contribution in [-0.4, -0.2) is 5.11 Å². The molecule has 0 aliphatic heterocycles. The summed E-state index contributed by atoms with van der Waals surface area (Å²) in [6.45, 7) is 0. The van der Waals surface area contributed by atoms with Crippen LogP contribution < -0.4 is 11.3 Å². The van der Waals surface area contributed by atoms with Gasteiger partial charge in [-0.05, 0) is 18.2 Å². The molecule has 1 N–H and O–H groups in total. The van der Waals surface area contributed by atoms with Crippen LogP contribution in [0, 0.1) is 0 Å². The molecule has 0 fully saturated rings. The first-order valence-electron chi connectivity index (χ1n) is 4.95. The van der Waals surface area contributed by atoms with Gasteiger partial charge in [0.2, 0.25) is 0 Å². The molecule has 0 radical (unpaired) electrons. The maximum atomic E-state index is 11.7. The van der Waals surface area contributed by atoms with Gasteiger partial charge in [0, 0.05) is 5.02 Å². The number of benzene rings is 1. The third-order valence-electron chi connectivity index (χ3n) is 2.53. The molecule has 18 heavy (non-hydrogen) atoms. The molecular formula is C12H5ClO5. The number of fused-ring (bicyclic) bond motifs is 3. The number of aromatic hydroxyl groups is 1. The summed E-state index contributed by atoms with van der Waals surface area (Å²) in [4.78, 5) is 22.9. The Hall–Kier alpha value is -2.27. The summed E-state index contributed by atoms with van der Waals surface area (Å²) in [6.07, 6.45) is 0. The highest BCUT2D eigenvalue weighted by molar-refractivity contribution is 6.31. The van der Waals surface area contributed by atoms with Gasteiger partial charge >= 0.3 is 11.3 Å². The third kappa shape index (κ3) is 1.48. The van der Waals surface area contributed by atoms with E-state index in [-0.39, 0.29) is 16.6 Å².